The van der Waals surface area contributed by atoms with Crippen LogP contribution < -0.4 is 9.47 Å². The van der Waals surface area contributed by atoms with E-state index in [4.69, 9.17) is 43.4 Å². The Labute approximate surface area is 304 Å². The monoisotopic (exact) mass is 714 g/mol. The van der Waals surface area contributed by atoms with Crippen LogP contribution in [0.1, 0.15) is 22.3 Å². The SMILES string of the molecule is S=C1OC(COc2ccc3ccccc3c2C2(c3c(OCC4CSC(=S)O4)ccc4ccccc34)c3ccccc3-c3ccccc32)CS1. The fourth-order valence-corrected chi connectivity index (χ4v) is 9.74. The van der Waals surface area contributed by atoms with Crippen LogP contribution in [-0.2, 0) is 14.9 Å². The Bertz CT molecular complexity index is 2120. The van der Waals surface area contributed by atoms with Crippen LogP contribution in [0.25, 0.3) is 32.7 Å². The number of ether oxygens (including phenoxy) is 4. The molecule has 0 bridgehead atoms. The van der Waals surface area contributed by atoms with Gasteiger partial charge < -0.3 is 18.9 Å². The van der Waals surface area contributed by atoms with Crippen molar-refractivity contribution in [3.05, 3.63) is 144 Å². The van der Waals surface area contributed by atoms with E-state index in [9.17, 15) is 0 Å². The molecule has 2 heterocycles. The fourth-order valence-electron chi connectivity index (χ4n) is 7.68. The molecule has 49 heavy (non-hydrogen) atoms. The lowest BCUT2D eigenvalue weighted by atomic mass is 9.64. The van der Waals surface area contributed by atoms with E-state index in [2.05, 4.69) is 121 Å². The average molecular weight is 715 g/mol. The number of fused-ring (bicyclic) bond motifs is 5. The Morgan fingerprint density at radius 1 is 0.551 bits per heavy atom. The van der Waals surface area contributed by atoms with Crippen molar-refractivity contribution in [2.45, 2.75) is 17.6 Å². The van der Waals surface area contributed by atoms with Gasteiger partial charge in [-0.3, -0.25) is 0 Å². The van der Waals surface area contributed by atoms with E-state index in [0.29, 0.717) is 22.0 Å². The molecule has 2 aliphatic heterocycles. The van der Waals surface area contributed by atoms with Gasteiger partial charge in [-0.05, 0) is 80.4 Å². The minimum Gasteiger partial charge on any atom is -0.489 e. The van der Waals surface area contributed by atoms with E-state index >= 15 is 0 Å². The molecule has 2 fully saturated rings. The lowest BCUT2D eigenvalue weighted by Crippen LogP contribution is -2.32. The highest BCUT2D eigenvalue weighted by Crippen LogP contribution is 2.62. The highest BCUT2D eigenvalue weighted by Gasteiger charge is 2.51. The zero-order chi connectivity index (χ0) is 33.0. The summed E-state index contributed by atoms with van der Waals surface area (Å²) in [6.07, 6.45) is -0.245. The van der Waals surface area contributed by atoms with Gasteiger partial charge in [-0.25, -0.2) is 0 Å². The Kier molecular flexibility index (Phi) is 8.00. The van der Waals surface area contributed by atoms with Crippen LogP contribution in [0.15, 0.2) is 121 Å². The van der Waals surface area contributed by atoms with Crippen LogP contribution in [0.3, 0.4) is 0 Å². The highest BCUT2D eigenvalue weighted by molar-refractivity contribution is 8.23. The molecule has 0 radical (unpaired) electrons. The van der Waals surface area contributed by atoms with Gasteiger partial charge in [0.15, 0.2) is 0 Å². The van der Waals surface area contributed by atoms with Gasteiger partial charge in [0.25, 0.3) is 0 Å². The van der Waals surface area contributed by atoms with Crippen molar-refractivity contribution < 1.29 is 18.9 Å². The second-order valence-electron chi connectivity index (χ2n) is 12.4. The number of hydrogen-bond donors (Lipinski definition) is 0. The standard InChI is InChI=1S/C41H30O4S4/c46-39-44-27(23-48-39)21-42-35-19-17-25-9-1-3-11-29(25)37(35)41(33-15-7-5-13-31(33)32-14-6-8-16-34(32)41)38-30-12-4-2-10-26(30)18-20-36(38)43-22-28-24-49-40(47)45-28/h1-20,27-28H,21-24H2. The Morgan fingerprint density at radius 3 is 1.43 bits per heavy atom. The van der Waals surface area contributed by atoms with E-state index in [1.807, 2.05) is 0 Å². The van der Waals surface area contributed by atoms with Crippen LogP contribution in [0.5, 0.6) is 11.5 Å². The molecule has 0 aromatic heterocycles. The fraction of sp³-hybridized carbons (Fsp3) is 0.171. The van der Waals surface area contributed by atoms with E-state index in [1.165, 1.54) is 22.3 Å². The van der Waals surface area contributed by atoms with Crippen molar-refractivity contribution in [3.63, 3.8) is 0 Å². The van der Waals surface area contributed by atoms with E-state index < -0.39 is 5.41 Å². The first-order valence-corrected chi connectivity index (χ1v) is 19.1. The predicted molar refractivity (Wildman–Crippen MR) is 210 cm³/mol. The molecule has 1 aliphatic carbocycles. The Hall–Kier alpha value is -4.08. The van der Waals surface area contributed by atoms with Crippen LogP contribution in [-0.4, -0.2) is 45.7 Å². The third-order valence-electron chi connectivity index (χ3n) is 9.63. The van der Waals surface area contributed by atoms with Crippen molar-refractivity contribution >= 4 is 78.3 Å². The lowest BCUT2D eigenvalue weighted by molar-refractivity contribution is 0.148. The smallest absolute Gasteiger partial charge is 0.220 e. The van der Waals surface area contributed by atoms with Crippen molar-refractivity contribution in [1.82, 2.24) is 0 Å². The molecular weight excluding hydrogens is 685 g/mol. The van der Waals surface area contributed by atoms with Gasteiger partial charge >= 0.3 is 0 Å². The predicted octanol–water partition coefficient (Wildman–Crippen LogP) is 9.95. The second kappa shape index (κ2) is 12.7. The van der Waals surface area contributed by atoms with Crippen molar-refractivity contribution in [2.75, 3.05) is 24.7 Å². The van der Waals surface area contributed by atoms with Gasteiger partial charge in [0, 0.05) is 22.6 Å². The number of thiocarbonyl (C=S) groups is 2. The summed E-state index contributed by atoms with van der Waals surface area (Å²) in [7, 11) is 0. The topological polar surface area (TPSA) is 36.9 Å². The molecule has 6 aromatic rings. The molecule has 9 rings (SSSR count). The highest BCUT2D eigenvalue weighted by atomic mass is 32.2. The molecule has 8 heteroatoms. The summed E-state index contributed by atoms with van der Waals surface area (Å²) in [5.41, 5.74) is 6.08. The second-order valence-corrected chi connectivity index (χ2v) is 15.6. The average Bonchev–Trinajstić information content (AvgIpc) is 3.85. The summed E-state index contributed by atoms with van der Waals surface area (Å²) in [4.78, 5) is 0. The summed E-state index contributed by atoms with van der Waals surface area (Å²) in [6.45, 7) is 0.765. The summed E-state index contributed by atoms with van der Waals surface area (Å²) >= 11 is 13.8. The zero-order valence-electron chi connectivity index (χ0n) is 26.3. The summed E-state index contributed by atoms with van der Waals surface area (Å²) in [5, 5.41) is 4.49. The van der Waals surface area contributed by atoms with Gasteiger partial charge in [0.1, 0.15) is 36.9 Å². The molecule has 0 amide bonds. The molecule has 242 valence electrons. The van der Waals surface area contributed by atoms with Crippen molar-refractivity contribution in [2.24, 2.45) is 0 Å². The first-order valence-electron chi connectivity index (χ1n) is 16.3. The molecule has 3 aliphatic rings. The largest absolute Gasteiger partial charge is 0.489 e. The maximum atomic E-state index is 6.90. The molecule has 4 nitrogen and oxygen atoms in total. The summed E-state index contributed by atoms with van der Waals surface area (Å²) in [5.74, 6) is 3.14. The van der Waals surface area contributed by atoms with E-state index in [-0.39, 0.29) is 12.2 Å². The Morgan fingerprint density at radius 2 is 0.980 bits per heavy atom. The minimum atomic E-state index is -0.819. The molecule has 0 saturated carbocycles. The maximum absolute atomic E-state index is 6.90. The number of benzene rings is 6. The van der Waals surface area contributed by atoms with Crippen LogP contribution in [0, 0.1) is 0 Å². The zero-order valence-corrected chi connectivity index (χ0v) is 29.6. The van der Waals surface area contributed by atoms with Gasteiger partial charge in [0.05, 0.1) is 5.41 Å². The van der Waals surface area contributed by atoms with Crippen LogP contribution >= 0.6 is 48.0 Å². The molecule has 0 N–H and O–H groups in total. The Balaban J connectivity index is 1.38. The summed E-state index contributed by atoms with van der Waals surface area (Å²) < 4.78 is 26.8. The molecular formula is C41H30O4S4. The van der Waals surface area contributed by atoms with Crippen LogP contribution in [0.2, 0.25) is 0 Å². The third kappa shape index (κ3) is 5.19. The minimum absolute atomic E-state index is 0.122. The van der Waals surface area contributed by atoms with Crippen molar-refractivity contribution in [3.8, 4) is 22.6 Å². The first-order chi connectivity index (χ1) is 24.1. The molecule has 2 atom stereocenters. The normalized spacial score (nSPS) is 19.0. The van der Waals surface area contributed by atoms with E-state index in [1.54, 1.807) is 23.5 Å². The third-order valence-corrected chi connectivity index (χ3v) is 12.3. The number of rotatable bonds is 8. The van der Waals surface area contributed by atoms with Gasteiger partial charge in [-0.15, -0.1) is 0 Å². The van der Waals surface area contributed by atoms with Crippen molar-refractivity contribution in [1.29, 1.82) is 0 Å². The first kappa shape index (κ1) is 30.9. The number of hydrogen-bond acceptors (Lipinski definition) is 8. The summed E-state index contributed by atoms with van der Waals surface area (Å²) in [6, 6.07) is 43.3. The van der Waals surface area contributed by atoms with E-state index in [0.717, 1.165) is 55.7 Å². The molecule has 2 saturated heterocycles. The van der Waals surface area contributed by atoms with Gasteiger partial charge in [-0.2, -0.15) is 0 Å². The maximum Gasteiger partial charge on any atom is 0.220 e. The molecule has 6 aromatic carbocycles. The molecule has 2 unspecified atom stereocenters. The van der Waals surface area contributed by atoms with Gasteiger partial charge in [-0.1, -0.05) is 133 Å². The van der Waals surface area contributed by atoms with Crippen LogP contribution in [0.4, 0.5) is 0 Å². The number of thioether (sulfide) groups is 2. The lowest BCUT2D eigenvalue weighted by Gasteiger charge is -2.38. The molecule has 0 spiro atoms. The quantitative estimate of drug-likeness (QED) is 0.144. The van der Waals surface area contributed by atoms with Gasteiger partial charge in [0.2, 0.25) is 8.77 Å².